The molecule has 0 aromatic carbocycles. The van der Waals surface area contributed by atoms with Crippen LogP contribution in [0.3, 0.4) is 0 Å². The summed E-state index contributed by atoms with van der Waals surface area (Å²) in [5.41, 5.74) is -7.95. The average molecular weight is 424 g/mol. The Morgan fingerprint density at radius 1 is 1.03 bits per heavy atom. The molecule has 11 atom stereocenters. The highest BCUT2D eigenvalue weighted by Crippen LogP contribution is 2.84. The van der Waals surface area contributed by atoms with Crippen molar-refractivity contribution in [3.8, 4) is 0 Å². The Kier molecular flexibility index (Phi) is 2.97. The number of esters is 3. The standard InChI is InChI=1S/C20H24O10/c1-6-12(23)27-7-5-17-11-8(21)9(16(2,3)4)18(17)10(22)13(24)29-15(18)30-20(17,14(25)28-11)19(6,7)26/h6-11,15,21-22,26H,5H2,1-4H3/t6-,7+,8-,9+,10+,11?,15+,17-,18?,19-,20?/m1/s1. The van der Waals surface area contributed by atoms with Crippen LogP contribution in [0.2, 0.25) is 0 Å². The third-order valence-electron chi connectivity index (χ3n) is 8.91. The van der Waals surface area contributed by atoms with Crippen molar-refractivity contribution < 1.29 is 48.7 Å². The van der Waals surface area contributed by atoms with Crippen LogP contribution in [0.4, 0.5) is 0 Å². The average Bonchev–Trinajstić information content (AvgIpc) is 3.32. The molecule has 10 heteroatoms. The molecule has 0 bridgehead atoms. The second-order valence-electron chi connectivity index (χ2n) is 10.7. The number of hydrogen-bond acceptors (Lipinski definition) is 10. The third-order valence-corrected chi connectivity index (χ3v) is 8.91. The molecule has 4 aliphatic heterocycles. The molecule has 164 valence electrons. The lowest BCUT2D eigenvalue weighted by Gasteiger charge is -2.46. The topological polar surface area (TPSA) is 149 Å². The molecule has 30 heavy (non-hydrogen) atoms. The largest absolute Gasteiger partial charge is 0.459 e. The summed E-state index contributed by atoms with van der Waals surface area (Å²) in [5.74, 6) is -4.43. The van der Waals surface area contributed by atoms with E-state index in [0.29, 0.717) is 0 Å². The van der Waals surface area contributed by atoms with Crippen LogP contribution in [-0.4, -0.2) is 75.1 Å². The Bertz CT molecular complexity index is 925. The minimum absolute atomic E-state index is 0.107. The van der Waals surface area contributed by atoms with Crippen molar-refractivity contribution in [3.05, 3.63) is 0 Å². The van der Waals surface area contributed by atoms with Crippen LogP contribution in [0, 0.1) is 28.1 Å². The van der Waals surface area contributed by atoms with Gasteiger partial charge < -0.3 is 34.3 Å². The summed E-state index contributed by atoms with van der Waals surface area (Å²) < 4.78 is 22.6. The van der Waals surface area contributed by atoms with Gasteiger partial charge in [0.1, 0.15) is 12.2 Å². The zero-order valence-corrected chi connectivity index (χ0v) is 16.9. The minimum Gasteiger partial charge on any atom is -0.459 e. The molecule has 2 aliphatic carbocycles. The lowest BCUT2D eigenvalue weighted by atomic mass is 9.51. The third kappa shape index (κ3) is 1.35. The van der Waals surface area contributed by atoms with E-state index >= 15 is 0 Å². The monoisotopic (exact) mass is 424 g/mol. The summed E-state index contributed by atoms with van der Waals surface area (Å²) in [6, 6.07) is 0. The van der Waals surface area contributed by atoms with Crippen molar-refractivity contribution in [1.29, 1.82) is 0 Å². The lowest BCUT2D eigenvalue weighted by Crippen LogP contribution is -2.66. The van der Waals surface area contributed by atoms with E-state index in [1.165, 1.54) is 6.92 Å². The molecule has 2 spiro atoms. The molecular weight excluding hydrogens is 400 g/mol. The first-order chi connectivity index (χ1) is 13.8. The van der Waals surface area contributed by atoms with Crippen molar-refractivity contribution in [2.75, 3.05) is 0 Å². The van der Waals surface area contributed by atoms with Gasteiger partial charge in [0.05, 0.1) is 22.9 Å². The smallest absolute Gasteiger partial charge is 0.342 e. The molecule has 3 unspecified atom stereocenters. The second kappa shape index (κ2) is 4.69. The number of hydrogen-bond donors (Lipinski definition) is 3. The van der Waals surface area contributed by atoms with Gasteiger partial charge in [0.15, 0.2) is 11.7 Å². The number of aliphatic hydroxyl groups excluding tert-OH is 2. The van der Waals surface area contributed by atoms with E-state index < -0.39 is 87.9 Å². The van der Waals surface area contributed by atoms with Gasteiger partial charge in [-0.2, -0.15) is 0 Å². The number of carbonyl (C=O) groups is 3. The molecule has 0 aromatic rings. The highest BCUT2D eigenvalue weighted by Gasteiger charge is 3.02. The minimum atomic E-state index is -2.12. The number of rotatable bonds is 0. The van der Waals surface area contributed by atoms with Crippen LogP contribution in [0.25, 0.3) is 0 Å². The number of fused-ring (bicyclic) bond motifs is 1. The molecule has 0 aromatic heterocycles. The second-order valence-corrected chi connectivity index (χ2v) is 10.7. The fourth-order valence-corrected chi connectivity index (χ4v) is 8.22. The van der Waals surface area contributed by atoms with Gasteiger partial charge in [-0.1, -0.05) is 20.8 Å². The van der Waals surface area contributed by atoms with Gasteiger partial charge in [-0.05, 0) is 12.3 Å². The Hall–Kier alpha value is -1.75. The molecule has 3 N–H and O–H groups in total. The van der Waals surface area contributed by atoms with Gasteiger partial charge >= 0.3 is 17.9 Å². The van der Waals surface area contributed by atoms with E-state index in [9.17, 15) is 29.7 Å². The Labute approximate surface area is 171 Å². The normalized spacial score (nSPS) is 60.1. The molecule has 6 rings (SSSR count). The van der Waals surface area contributed by atoms with E-state index in [-0.39, 0.29) is 6.42 Å². The summed E-state index contributed by atoms with van der Waals surface area (Å²) in [6.07, 6.45) is -6.73. The molecule has 6 aliphatic rings. The first-order valence-corrected chi connectivity index (χ1v) is 10.2. The van der Waals surface area contributed by atoms with Crippen LogP contribution >= 0.6 is 0 Å². The van der Waals surface area contributed by atoms with Crippen LogP contribution in [-0.2, 0) is 33.3 Å². The molecule has 4 saturated heterocycles. The summed E-state index contributed by atoms with van der Waals surface area (Å²) >= 11 is 0. The first-order valence-electron chi connectivity index (χ1n) is 10.2. The number of ether oxygens (including phenoxy) is 4. The SMILES string of the molecule is C[C@@H]1C(=O)O[C@H]2C[C@]34C5OC(=O)C3(O[C@@H]3OC(=O)[C@H](O)C34[C@H](C(C)(C)C)[C@H]5O)[C@]21O. The van der Waals surface area contributed by atoms with E-state index in [4.69, 9.17) is 18.9 Å². The van der Waals surface area contributed by atoms with Crippen molar-refractivity contribution in [2.45, 2.75) is 76.0 Å². The summed E-state index contributed by atoms with van der Waals surface area (Å²) in [5, 5.41) is 34.4. The first kappa shape index (κ1) is 19.0. The zero-order chi connectivity index (χ0) is 21.8. The number of carbonyl (C=O) groups excluding carboxylic acids is 3. The van der Waals surface area contributed by atoms with Crippen molar-refractivity contribution in [1.82, 2.24) is 0 Å². The van der Waals surface area contributed by atoms with Crippen LogP contribution in [0.1, 0.15) is 34.1 Å². The van der Waals surface area contributed by atoms with E-state index in [0.717, 1.165) is 0 Å². The molecular formula is C20H24O10. The maximum Gasteiger partial charge on any atom is 0.342 e. The summed E-state index contributed by atoms with van der Waals surface area (Å²) in [7, 11) is 0. The maximum absolute atomic E-state index is 13.4. The van der Waals surface area contributed by atoms with Gasteiger partial charge in [0.2, 0.25) is 11.9 Å². The van der Waals surface area contributed by atoms with E-state index in [1.54, 1.807) is 0 Å². The van der Waals surface area contributed by atoms with Crippen LogP contribution in [0.15, 0.2) is 0 Å². The lowest BCUT2D eigenvalue weighted by molar-refractivity contribution is -0.239. The summed E-state index contributed by atoms with van der Waals surface area (Å²) in [4.78, 5) is 38.2. The molecule has 2 saturated carbocycles. The van der Waals surface area contributed by atoms with Crippen molar-refractivity contribution in [2.24, 2.45) is 28.1 Å². The molecule has 10 nitrogen and oxygen atoms in total. The van der Waals surface area contributed by atoms with Gasteiger partial charge in [-0.25, -0.2) is 9.59 Å². The Morgan fingerprint density at radius 3 is 2.33 bits per heavy atom. The van der Waals surface area contributed by atoms with Gasteiger partial charge in [-0.15, -0.1) is 0 Å². The highest BCUT2D eigenvalue weighted by atomic mass is 16.8. The Balaban J connectivity index is 1.71. The molecule has 0 radical (unpaired) electrons. The molecule has 4 heterocycles. The Morgan fingerprint density at radius 2 is 1.70 bits per heavy atom. The van der Waals surface area contributed by atoms with Gasteiger partial charge in [0.25, 0.3) is 0 Å². The van der Waals surface area contributed by atoms with Crippen molar-refractivity contribution >= 4 is 17.9 Å². The fraction of sp³-hybridized carbons (Fsp3) is 0.850. The van der Waals surface area contributed by atoms with E-state index in [2.05, 4.69) is 0 Å². The quantitative estimate of drug-likeness (QED) is 0.314. The predicted molar refractivity (Wildman–Crippen MR) is 92.0 cm³/mol. The fourth-order valence-electron chi connectivity index (χ4n) is 8.22. The molecule has 6 fully saturated rings. The molecule has 0 amide bonds. The van der Waals surface area contributed by atoms with E-state index in [1.807, 2.05) is 20.8 Å². The van der Waals surface area contributed by atoms with Gasteiger partial charge in [0, 0.05) is 12.3 Å². The van der Waals surface area contributed by atoms with Crippen LogP contribution < -0.4 is 0 Å². The van der Waals surface area contributed by atoms with Gasteiger partial charge in [-0.3, -0.25) is 4.79 Å². The summed E-state index contributed by atoms with van der Waals surface area (Å²) in [6.45, 7) is 6.97. The maximum atomic E-state index is 13.4. The predicted octanol–water partition coefficient (Wildman–Crippen LogP) is -1.37. The highest BCUT2D eigenvalue weighted by molar-refractivity contribution is 5.93. The van der Waals surface area contributed by atoms with Crippen LogP contribution in [0.5, 0.6) is 0 Å². The number of aliphatic hydroxyl groups is 3. The zero-order valence-electron chi connectivity index (χ0n) is 16.9. The van der Waals surface area contributed by atoms with Crippen molar-refractivity contribution in [3.63, 3.8) is 0 Å².